The average molecular weight is 669 g/mol. The number of benzene rings is 8. The van der Waals surface area contributed by atoms with Gasteiger partial charge in [0.2, 0.25) is 0 Å². The number of nitrogens with zero attached hydrogens (tertiary/aromatic N) is 2. The van der Waals surface area contributed by atoms with Crippen molar-refractivity contribution in [1.29, 1.82) is 0 Å². The molecule has 0 aliphatic heterocycles. The van der Waals surface area contributed by atoms with Crippen molar-refractivity contribution in [3.63, 3.8) is 0 Å². The summed E-state index contributed by atoms with van der Waals surface area (Å²) in [4.78, 5) is 4.65. The molecule has 0 fully saturated rings. The van der Waals surface area contributed by atoms with Gasteiger partial charge in [0.25, 0.3) is 0 Å². The molecule has 0 saturated carbocycles. The largest absolute Gasteiger partial charge is 0.310 e. The molecular weight excluding hydrogens is 629 g/mol. The molecule has 2 nitrogen and oxygen atoms in total. The molecule has 0 unspecified atom stereocenters. The zero-order chi connectivity index (χ0) is 35.3. The van der Waals surface area contributed by atoms with Crippen LogP contribution in [0.3, 0.4) is 0 Å². The van der Waals surface area contributed by atoms with Gasteiger partial charge in [-0.2, -0.15) is 0 Å². The summed E-state index contributed by atoms with van der Waals surface area (Å²) in [6.45, 7) is 4.25. The molecule has 0 aliphatic rings. The molecule has 8 rings (SSSR count). The highest BCUT2D eigenvalue weighted by Gasteiger charge is 2.16. The van der Waals surface area contributed by atoms with Crippen LogP contribution in [0, 0.1) is 13.8 Å². The van der Waals surface area contributed by atoms with Crippen LogP contribution in [-0.2, 0) is 0 Å². The predicted molar refractivity (Wildman–Crippen MR) is 222 cm³/mol. The summed E-state index contributed by atoms with van der Waals surface area (Å²) in [5.74, 6) is 0. The van der Waals surface area contributed by atoms with E-state index >= 15 is 0 Å². The predicted octanol–water partition coefficient (Wildman–Crippen LogP) is 14.2. The van der Waals surface area contributed by atoms with Gasteiger partial charge in [0.1, 0.15) is 0 Å². The molecule has 8 aromatic carbocycles. The SMILES string of the molecule is Cc1ccc(-c2cccc(N(c3ccccc3)c3ccc(-c4ccc(N(c5ccccc5)c5cccc(-c6ccc(C)cc6)c5)cc4)cc3)c2)cc1. The van der Waals surface area contributed by atoms with Crippen molar-refractivity contribution >= 4 is 34.1 Å². The Balaban J connectivity index is 1.10. The Bertz CT molecular complexity index is 2210. The summed E-state index contributed by atoms with van der Waals surface area (Å²) in [6, 6.07) is 74.1. The van der Waals surface area contributed by atoms with Gasteiger partial charge >= 0.3 is 0 Å². The van der Waals surface area contributed by atoms with E-state index in [9.17, 15) is 0 Å². The molecule has 0 bridgehead atoms. The van der Waals surface area contributed by atoms with Crippen molar-refractivity contribution in [2.75, 3.05) is 9.80 Å². The Kier molecular flexibility index (Phi) is 9.19. The smallest absolute Gasteiger partial charge is 0.0467 e. The van der Waals surface area contributed by atoms with Crippen LogP contribution in [0.2, 0.25) is 0 Å². The maximum absolute atomic E-state index is 2.33. The number of hydrogen-bond acceptors (Lipinski definition) is 2. The van der Waals surface area contributed by atoms with Crippen LogP contribution in [0.15, 0.2) is 206 Å². The van der Waals surface area contributed by atoms with E-state index in [2.05, 4.69) is 230 Å². The zero-order valence-corrected chi connectivity index (χ0v) is 29.5. The summed E-state index contributed by atoms with van der Waals surface area (Å²) in [7, 11) is 0. The topological polar surface area (TPSA) is 6.48 Å². The van der Waals surface area contributed by atoms with E-state index in [1.54, 1.807) is 0 Å². The van der Waals surface area contributed by atoms with Crippen molar-refractivity contribution in [3.05, 3.63) is 217 Å². The fraction of sp³-hybridized carbons (Fsp3) is 0.0400. The Morgan fingerprint density at radius 1 is 0.231 bits per heavy atom. The van der Waals surface area contributed by atoms with Crippen LogP contribution >= 0.6 is 0 Å². The lowest BCUT2D eigenvalue weighted by molar-refractivity contribution is 1.28. The fourth-order valence-corrected chi connectivity index (χ4v) is 6.80. The van der Waals surface area contributed by atoms with Crippen LogP contribution in [0.5, 0.6) is 0 Å². The van der Waals surface area contributed by atoms with Gasteiger partial charge in [-0.05, 0) is 120 Å². The molecule has 0 N–H and O–H groups in total. The molecule has 0 radical (unpaired) electrons. The average Bonchev–Trinajstić information content (AvgIpc) is 3.20. The van der Waals surface area contributed by atoms with Gasteiger partial charge in [-0.3, -0.25) is 0 Å². The van der Waals surface area contributed by atoms with Crippen molar-refractivity contribution in [3.8, 4) is 33.4 Å². The van der Waals surface area contributed by atoms with Gasteiger partial charge in [-0.15, -0.1) is 0 Å². The summed E-state index contributed by atoms with van der Waals surface area (Å²) in [5.41, 5.74) is 16.4. The van der Waals surface area contributed by atoms with Gasteiger partial charge in [0, 0.05) is 34.1 Å². The minimum Gasteiger partial charge on any atom is -0.310 e. The second-order valence-corrected chi connectivity index (χ2v) is 13.3. The first kappa shape index (κ1) is 32.6. The van der Waals surface area contributed by atoms with Crippen LogP contribution < -0.4 is 9.80 Å². The van der Waals surface area contributed by atoms with E-state index in [0.29, 0.717) is 0 Å². The molecule has 52 heavy (non-hydrogen) atoms. The molecule has 0 heterocycles. The highest BCUT2D eigenvalue weighted by atomic mass is 15.1. The lowest BCUT2D eigenvalue weighted by Gasteiger charge is -2.26. The van der Waals surface area contributed by atoms with Crippen molar-refractivity contribution in [2.45, 2.75) is 13.8 Å². The van der Waals surface area contributed by atoms with E-state index < -0.39 is 0 Å². The minimum atomic E-state index is 1.11. The summed E-state index contributed by atoms with van der Waals surface area (Å²) in [5, 5.41) is 0. The van der Waals surface area contributed by atoms with Gasteiger partial charge < -0.3 is 9.80 Å². The number of anilines is 6. The Labute approximate surface area is 307 Å². The first-order valence-electron chi connectivity index (χ1n) is 17.8. The fourth-order valence-electron chi connectivity index (χ4n) is 6.80. The van der Waals surface area contributed by atoms with Crippen LogP contribution in [0.4, 0.5) is 34.1 Å². The first-order chi connectivity index (χ1) is 25.6. The number of hydrogen-bond donors (Lipinski definition) is 0. The maximum Gasteiger partial charge on any atom is 0.0467 e. The Hall–Kier alpha value is -6.64. The summed E-state index contributed by atoms with van der Waals surface area (Å²) >= 11 is 0. The van der Waals surface area contributed by atoms with Crippen LogP contribution in [0.1, 0.15) is 11.1 Å². The number of aryl methyl sites for hydroxylation is 2. The van der Waals surface area contributed by atoms with Gasteiger partial charge in [0.05, 0.1) is 0 Å². The lowest BCUT2D eigenvalue weighted by atomic mass is 10.0. The van der Waals surface area contributed by atoms with Gasteiger partial charge in [0.15, 0.2) is 0 Å². The zero-order valence-electron chi connectivity index (χ0n) is 29.5. The van der Waals surface area contributed by atoms with Gasteiger partial charge in [-0.1, -0.05) is 145 Å². The lowest BCUT2D eigenvalue weighted by Crippen LogP contribution is -2.10. The number of rotatable bonds is 9. The Morgan fingerprint density at radius 3 is 0.885 bits per heavy atom. The second-order valence-electron chi connectivity index (χ2n) is 13.3. The third-order valence-corrected chi connectivity index (χ3v) is 9.59. The summed E-state index contributed by atoms with van der Waals surface area (Å²) in [6.07, 6.45) is 0. The highest BCUT2D eigenvalue weighted by molar-refractivity contribution is 5.83. The molecule has 0 saturated heterocycles. The summed E-state index contributed by atoms with van der Waals surface area (Å²) < 4.78 is 0. The molecule has 0 aromatic heterocycles. The molecule has 0 aliphatic carbocycles. The van der Waals surface area contributed by atoms with E-state index in [-0.39, 0.29) is 0 Å². The highest BCUT2D eigenvalue weighted by Crippen LogP contribution is 2.39. The molecule has 2 heteroatoms. The third kappa shape index (κ3) is 7.01. The normalized spacial score (nSPS) is 10.9. The molecule has 0 spiro atoms. The standard InChI is InChI=1S/C50H40N2/c1-37-19-23-41(24-20-37)43-11-9-17-49(35-43)51(45-13-5-3-6-14-45)47-31-27-39(28-32-47)40-29-33-48(34-30-40)52(46-15-7-4-8-16-46)50-18-10-12-44(36-50)42-25-21-38(2)22-26-42/h3-36H,1-2H3. The van der Waals surface area contributed by atoms with E-state index in [1.165, 1.54) is 44.5 Å². The maximum atomic E-state index is 2.33. The van der Waals surface area contributed by atoms with Crippen LogP contribution in [-0.4, -0.2) is 0 Å². The molecule has 8 aromatic rings. The molecule has 250 valence electrons. The van der Waals surface area contributed by atoms with Crippen molar-refractivity contribution in [1.82, 2.24) is 0 Å². The van der Waals surface area contributed by atoms with Crippen molar-refractivity contribution in [2.24, 2.45) is 0 Å². The minimum absolute atomic E-state index is 1.11. The molecule has 0 amide bonds. The first-order valence-corrected chi connectivity index (χ1v) is 17.8. The third-order valence-electron chi connectivity index (χ3n) is 9.59. The van der Waals surface area contributed by atoms with E-state index in [1.807, 2.05) is 0 Å². The second kappa shape index (κ2) is 14.7. The molecule has 0 atom stereocenters. The monoisotopic (exact) mass is 668 g/mol. The quantitative estimate of drug-likeness (QED) is 0.151. The van der Waals surface area contributed by atoms with Gasteiger partial charge in [-0.25, -0.2) is 0 Å². The number of para-hydroxylation sites is 2. The van der Waals surface area contributed by atoms with E-state index in [4.69, 9.17) is 0 Å². The van der Waals surface area contributed by atoms with E-state index in [0.717, 1.165) is 34.1 Å². The van der Waals surface area contributed by atoms with Crippen LogP contribution in [0.25, 0.3) is 33.4 Å². The van der Waals surface area contributed by atoms with Crippen molar-refractivity contribution < 1.29 is 0 Å². The Morgan fingerprint density at radius 2 is 0.519 bits per heavy atom. The molecular formula is C50H40N2.